The number of carbonyl (C=O) groups excluding carboxylic acids is 1. The van der Waals surface area contributed by atoms with Gasteiger partial charge in [0.25, 0.3) is 0 Å². The highest BCUT2D eigenvalue weighted by atomic mass is 19.4. The van der Waals surface area contributed by atoms with Crippen molar-refractivity contribution in [3.63, 3.8) is 0 Å². The Bertz CT molecular complexity index is 1590. The molecule has 1 aromatic heterocycles. The molecule has 0 aliphatic carbocycles. The summed E-state index contributed by atoms with van der Waals surface area (Å²) >= 11 is 0. The van der Waals surface area contributed by atoms with E-state index in [1.807, 2.05) is 23.1 Å². The highest BCUT2D eigenvalue weighted by molar-refractivity contribution is 5.85. The maximum absolute atomic E-state index is 15.8. The number of piperazine rings is 1. The van der Waals surface area contributed by atoms with E-state index in [1.54, 1.807) is 55.4 Å². The van der Waals surface area contributed by atoms with Crippen molar-refractivity contribution in [1.82, 2.24) is 14.5 Å². The van der Waals surface area contributed by atoms with Crippen LogP contribution in [0.4, 0.5) is 28.0 Å². The zero-order chi connectivity index (χ0) is 30.9. The first-order valence-corrected chi connectivity index (χ1v) is 13.8. The van der Waals surface area contributed by atoms with Crippen LogP contribution in [0, 0.1) is 12.7 Å². The lowest BCUT2D eigenvalue weighted by Gasteiger charge is -2.37. The lowest BCUT2D eigenvalue weighted by molar-refractivity contribution is -0.274. The van der Waals surface area contributed by atoms with Gasteiger partial charge in [0.2, 0.25) is 0 Å². The van der Waals surface area contributed by atoms with E-state index in [-0.39, 0.29) is 18.3 Å². The molecule has 2 heterocycles. The summed E-state index contributed by atoms with van der Waals surface area (Å²) in [5.41, 5.74) is 1.71. The van der Waals surface area contributed by atoms with E-state index in [4.69, 9.17) is 9.47 Å². The molecule has 0 spiro atoms. The van der Waals surface area contributed by atoms with Gasteiger partial charge in [-0.25, -0.2) is 9.18 Å². The van der Waals surface area contributed by atoms with Crippen molar-refractivity contribution in [3.8, 4) is 17.5 Å². The van der Waals surface area contributed by atoms with Gasteiger partial charge in [0, 0.05) is 31.7 Å². The van der Waals surface area contributed by atoms with Gasteiger partial charge >= 0.3 is 18.5 Å². The van der Waals surface area contributed by atoms with Crippen LogP contribution in [0.25, 0.3) is 11.0 Å². The second-order valence-corrected chi connectivity index (χ2v) is 11.2. The van der Waals surface area contributed by atoms with Gasteiger partial charge in [-0.15, -0.1) is 13.2 Å². The first-order valence-electron chi connectivity index (χ1n) is 13.8. The van der Waals surface area contributed by atoms with Crippen LogP contribution in [-0.2, 0) is 11.3 Å². The quantitative estimate of drug-likeness (QED) is 0.217. The van der Waals surface area contributed by atoms with Gasteiger partial charge in [-0.1, -0.05) is 30.3 Å². The minimum atomic E-state index is -4.80. The molecule has 1 aliphatic heterocycles. The van der Waals surface area contributed by atoms with Gasteiger partial charge in [0.15, 0.2) is 5.82 Å². The Balaban J connectivity index is 1.48. The molecule has 0 N–H and O–H groups in total. The molecule has 1 saturated heterocycles. The zero-order valence-corrected chi connectivity index (χ0v) is 24.2. The molecule has 0 bridgehead atoms. The van der Waals surface area contributed by atoms with Gasteiger partial charge in [-0.05, 0) is 63.6 Å². The van der Waals surface area contributed by atoms with Crippen LogP contribution in [0.2, 0.25) is 0 Å². The molecular formula is C31H32F4N4O4. The average molecular weight is 601 g/mol. The summed E-state index contributed by atoms with van der Waals surface area (Å²) in [4.78, 5) is 20.6. The molecule has 43 heavy (non-hydrogen) atoms. The Kier molecular flexibility index (Phi) is 8.13. The third-order valence-corrected chi connectivity index (χ3v) is 6.88. The summed E-state index contributed by atoms with van der Waals surface area (Å²) in [7, 11) is 0. The van der Waals surface area contributed by atoms with Crippen LogP contribution < -0.4 is 14.4 Å². The van der Waals surface area contributed by atoms with Gasteiger partial charge in [-0.2, -0.15) is 4.98 Å². The minimum Gasteiger partial charge on any atom is -0.444 e. The number of rotatable bonds is 6. The van der Waals surface area contributed by atoms with E-state index in [1.165, 1.54) is 24.3 Å². The summed E-state index contributed by atoms with van der Waals surface area (Å²) in [5.74, 6) is -0.245. The third-order valence-electron chi connectivity index (χ3n) is 6.88. The summed E-state index contributed by atoms with van der Waals surface area (Å²) in [6, 6.07) is 16.4. The van der Waals surface area contributed by atoms with Gasteiger partial charge in [0.1, 0.15) is 17.1 Å². The molecule has 8 nitrogen and oxygen atoms in total. The number of ether oxygens (including phenoxy) is 3. The van der Waals surface area contributed by atoms with Crippen LogP contribution in [0.1, 0.15) is 31.9 Å². The molecule has 4 aromatic rings. The summed E-state index contributed by atoms with van der Waals surface area (Å²) in [6.07, 6.45) is -5.21. The lowest BCUT2D eigenvalue weighted by atomic mass is 10.1. The number of benzene rings is 3. The minimum absolute atomic E-state index is 0.182. The highest BCUT2D eigenvalue weighted by Gasteiger charge is 2.31. The number of anilines is 1. The fraction of sp³-hybridized carbons (Fsp3) is 0.355. The van der Waals surface area contributed by atoms with Gasteiger partial charge < -0.3 is 24.0 Å². The Hall–Kier alpha value is -4.48. The average Bonchev–Trinajstić information content (AvgIpc) is 3.27. The number of para-hydroxylation sites is 1. The molecule has 1 fully saturated rings. The van der Waals surface area contributed by atoms with E-state index in [0.29, 0.717) is 59.8 Å². The highest BCUT2D eigenvalue weighted by Crippen LogP contribution is 2.35. The molecular weight excluding hydrogens is 568 g/mol. The number of hydrogen-bond acceptors (Lipinski definition) is 6. The molecule has 0 radical (unpaired) electrons. The first kappa shape index (κ1) is 30.0. The molecule has 3 aromatic carbocycles. The van der Waals surface area contributed by atoms with Crippen LogP contribution in [0.3, 0.4) is 0 Å². The molecule has 228 valence electrons. The van der Waals surface area contributed by atoms with Gasteiger partial charge in [-0.3, -0.25) is 4.57 Å². The predicted molar refractivity (Wildman–Crippen MR) is 153 cm³/mol. The van der Waals surface area contributed by atoms with Crippen molar-refractivity contribution in [2.24, 2.45) is 0 Å². The number of aromatic nitrogens is 2. The van der Waals surface area contributed by atoms with E-state index in [9.17, 15) is 18.0 Å². The number of amides is 1. The first-order chi connectivity index (χ1) is 20.3. The smallest absolute Gasteiger partial charge is 0.444 e. The van der Waals surface area contributed by atoms with Crippen molar-refractivity contribution in [2.75, 3.05) is 31.1 Å². The van der Waals surface area contributed by atoms with Crippen LogP contribution >= 0.6 is 0 Å². The number of carbonyl (C=O) groups is 1. The fourth-order valence-corrected chi connectivity index (χ4v) is 4.85. The molecule has 0 saturated carbocycles. The fourth-order valence-electron chi connectivity index (χ4n) is 4.85. The lowest BCUT2D eigenvalue weighted by Crippen LogP contribution is -2.50. The van der Waals surface area contributed by atoms with E-state index >= 15 is 4.39 Å². The Labute approximate surface area is 246 Å². The SMILES string of the molecule is Cc1c(F)c(N2CCN(C(=O)OC(C)(C)C)CC2)cc2c1nc(Oc1ccccc1)n2Cc1ccc(OC(F)(F)F)cc1. The van der Waals surface area contributed by atoms with E-state index < -0.39 is 23.9 Å². The number of fused-ring (bicyclic) bond motifs is 1. The topological polar surface area (TPSA) is 69.1 Å². The summed E-state index contributed by atoms with van der Waals surface area (Å²) in [5, 5.41) is 0. The largest absolute Gasteiger partial charge is 0.573 e. The third kappa shape index (κ3) is 7.12. The number of aryl methyl sites for hydroxylation is 1. The maximum Gasteiger partial charge on any atom is 0.573 e. The normalized spacial score (nSPS) is 14.2. The van der Waals surface area contributed by atoms with Crippen molar-refractivity contribution in [3.05, 3.63) is 77.6 Å². The number of imidazole rings is 1. The van der Waals surface area contributed by atoms with Crippen LogP contribution in [-0.4, -0.2) is 58.7 Å². The molecule has 1 aliphatic rings. The Morgan fingerprint density at radius 2 is 1.58 bits per heavy atom. The molecule has 12 heteroatoms. The number of hydrogen-bond donors (Lipinski definition) is 0. The number of nitrogens with zero attached hydrogens (tertiary/aromatic N) is 4. The molecule has 0 unspecified atom stereocenters. The zero-order valence-electron chi connectivity index (χ0n) is 24.2. The second-order valence-electron chi connectivity index (χ2n) is 11.2. The molecule has 1 amide bonds. The van der Waals surface area contributed by atoms with E-state index in [2.05, 4.69) is 9.72 Å². The number of alkyl halides is 3. The maximum atomic E-state index is 15.8. The standard InChI is InChI=1S/C31H32F4N4O4/c1-20-26(32)24(37-14-16-38(17-15-37)29(40)43-30(2,3)4)18-25-27(20)36-28(41-22-8-6-5-7-9-22)39(25)19-21-10-12-23(13-11-21)42-31(33,34)35/h5-13,18H,14-17,19H2,1-4H3. The molecule has 0 atom stereocenters. The predicted octanol–water partition coefficient (Wildman–Crippen LogP) is 7.28. The summed E-state index contributed by atoms with van der Waals surface area (Å²) < 4.78 is 71.1. The van der Waals surface area contributed by atoms with Crippen molar-refractivity contribution in [2.45, 2.75) is 46.2 Å². The van der Waals surface area contributed by atoms with Crippen molar-refractivity contribution in [1.29, 1.82) is 0 Å². The van der Waals surface area contributed by atoms with E-state index in [0.717, 1.165) is 0 Å². The Morgan fingerprint density at radius 1 is 0.930 bits per heavy atom. The number of halogens is 4. The van der Waals surface area contributed by atoms with Crippen LogP contribution in [0.5, 0.6) is 17.5 Å². The van der Waals surface area contributed by atoms with Crippen molar-refractivity contribution >= 4 is 22.8 Å². The molecule has 5 rings (SSSR count). The Morgan fingerprint density at radius 3 is 2.19 bits per heavy atom. The van der Waals surface area contributed by atoms with Gasteiger partial charge in [0.05, 0.1) is 23.3 Å². The van der Waals surface area contributed by atoms with Crippen LogP contribution in [0.15, 0.2) is 60.7 Å². The van der Waals surface area contributed by atoms with Crippen molar-refractivity contribution < 1.29 is 36.6 Å². The summed E-state index contributed by atoms with van der Waals surface area (Å²) in [6.45, 7) is 8.74. The monoisotopic (exact) mass is 600 g/mol. The second kappa shape index (κ2) is 11.7.